The third-order valence-electron chi connectivity index (χ3n) is 3.71. The first-order chi connectivity index (χ1) is 12.1. The fourth-order valence-electron chi connectivity index (χ4n) is 2.47. The Morgan fingerprint density at radius 2 is 1.76 bits per heavy atom. The van der Waals surface area contributed by atoms with Gasteiger partial charge in [-0.25, -0.2) is 4.79 Å². The van der Waals surface area contributed by atoms with Gasteiger partial charge in [0, 0.05) is 11.3 Å². The molecule has 0 saturated heterocycles. The molecule has 0 aliphatic heterocycles. The van der Waals surface area contributed by atoms with Crippen LogP contribution in [0.15, 0.2) is 66.7 Å². The molecule has 2 rings (SSSR count). The quantitative estimate of drug-likeness (QED) is 0.610. The Morgan fingerprint density at radius 3 is 2.40 bits per heavy atom. The number of nitrogens with one attached hydrogen (secondary N) is 1. The number of hydrogen-bond acceptors (Lipinski definition) is 4. The van der Waals surface area contributed by atoms with Crippen molar-refractivity contribution in [2.75, 3.05) is 19.1 Å². The average molecular weight is 355 g/mol. The number of thioether (sulfide) groups is 1. The van der Waals surface area contributed by atoms with Crippen LogP contribution in [0.2, 0.25) is 0 Å². The molecular weight excluding hydrogens is 334 g/mol. The predicted molar refractivity (Wildman–Crippen MR) is 103 cm³/mol. The zero-order valence-electron chi connectivity index (χ0n) is 14.3. The molecule has 25 heavy (non-hydrogen) atoms. The molecule has 0 aromatic heterocycles. The van der Waals surface area contributed by atoms with E-state index in [9.17, 15) is 9.59 Å². The molecule has 0 bridgehead atoms. The lowest BCUT2D eigenvalue weighted by Crippen LogP contribution is -2.43. The Bertz CT molecular complexity index is 759. The van der Waals surface area contributed by atoms with Crippen LogP contribution in [-0.2, 0) is 9.53 Å². The van der Waals surface area contributed by atoms with Crippen LogP contribution >= 0.6 is 11.8 Å². The van der Waals surface area contributed by atoms with E-state index in [1.807, 2.05) is 48.7 Å². The highest BCUT2D eigenvalue weighted by Crippen LogP contribution is 2.23. The van der Waals surface area contributed by atoms with E-state index < -0.39 is 12.0 Å². The molecule has 1 amide bonds. The van der Waals surface area contributed by atoms with Crippen molar-refractivity contribution in [2.45, 2.75) is 6.04 Å². The molecule has 2 aromatic rings. The summed E-state index contributed by atoms with van der Waals surface area (Å²) in [5.74, 6) is -0.304. The number of amides is 1. The van der Waals surface area contributed by atoms with Gasteiger partial charge in [-0.15, -0.1) is 0 Å². The van der Waals surface area contributed by atoms with Crippen molar-refractivity contribution >= 4 is 23.6 Å². The van der Waals surface area contributed by atoms with Crippen LogP contribution in [-0.4, -0.2) is 37.0 Å². The van der Waals surface area contributed by atoms with E-state index in [1.54, 1.807) is 12.1 Å². The van der Waals surface area contributed by atoms with Crippen LogP contribution in [0.4, 0.5) is 0 Å². The summed E-state index contributed by atoms with van der Waals surface area (Å²) in [7, 11) is 1.30. The minimum absolute atomic E-state index is 0.336. The van der Waals surface area contributed by atoms with Crippen LogP contribution < -0.4 is 5.32 Å². The van der Waals surface area contributed by atoms with E-state index >= 15 is 0 Å². The predicted octanol–water partition coefficient (Wildman–Crippen LogP) is 3.54. The Hall–Kier alpha value is -2.53. The second-order valence-electron chi connectivity index (χ2n) is 5.43. The van der Waals surface area contributed by atoms with Crippen molar-refractivity contribution in [1.29, 1.82) is 0 Å². The highest BCUT2D eigenvalue weighted by molar-refractivity contribution is 7.98. The smallest absolute Gasteiger partial charge is 0.332 e. The van der Waals surface area contributed by atoms with Gasteiger partial charge in [-0.3, -0.25) is 4.79 Å². The number of hydrogen-bond donors (Lipinski definition) is 1. The minimum atomic E-state index is -0.867. The van der Waals surface area contributed by atoms with Crippen LogP contribution in [0.5, 0.6) is 0 Å². The van der Waals surface area contributed by atoms with E-state index in [1.165, 1.54) is 18.9 Å². The first-order valence-corrected chi connectivity index (χ1v) is 9.17. The SMILES string of the molecule is C=C(CSC)[C@H](NC(=O)c1ccccc1-c1ccccc1)C(=O)OC. The number of ether oxygens (including phenoxy) is 1. The van der Waals surface area contributed by atoms with E-state index in [4.69, 9.17) is 4.74 Å². The van der Waals surface area contributed by atoms with Crippen molar-refractivity contribution in [3.8, 4) is 11.1 Å². The number of esters is 1. The second-order valence-corrected chi connectivity index (χ2v) is 6.30. The van der Waals surface area contributed by atoms with Gasteiger partial charge in [0.05, 0.1) is 7.11 Å². The van der Waals surface area contributed by atoms with Crippen LogP contribution in [0.3, 0.4) is 0 Å². The summed E-state index contributed by atoms with van der Waals surface area (Å²) in [6.45, 7) is 3.90. The normalized spacial score (nSPS) is 11.4. The number of carbonyl (C=O) groups is 2. The van der Waals surface area contributed by atoms with Gasteiger partial charge in [-0.2, -0.15) is 11.8 Å². The molecular formula is C20H21NO3S. The Morgan fingerprint density at radius 1 is 1.12 bits per heavy atom. The number of carbonyl (C=O) groups excluding carboxylic acids is 2. The summed E-state index contributed by atoms with van der Waals surface area (Å²) in [4.78, 5) is 24.9. The van der Waals surface area contributed by atoms with Crippen molar-refractivity contribution in [1.82, 2.24) is 5.32 Å². The fraction of sp³-hybridized carbons (Fsp3) is 0.200. The third-order valence-corrected chi connectivity index (χ3v) is 4.37. The molecule has 0 spiro atoms. The van der Waals surface area contributed by atoms with Gasteiger partial charge in [0.15, 0.2) is 0 Å². The van der Waals surface area contributed by atoms with Gasteiger partial charge in [0.1, 0.15) is 6.04 Å². The standard InChI is InChI=1S/C20H21NO3S/c1-14(13-25-3)18(20(23)24-2)21-19(22)17-12-8-7-11-16(17)15-9-5-4-6-10-15/h4-12,18H,1,13H2,2-3H3,(H,21,22)/t18-/m0/s1. The van der Waals surface area contributed by atoms with Gasteiger partial charge in [0.25, 0.3) is 5.91 Å². The lowest BCUT2D eigenvalue weighted by atomic mass is 9.99. The van der Waals surface area contributed by atoms with Gasteiger partial charge < -0.3 is 10.1 Å². The minimum Gasteiger partial charge on any atom is -0.467 e. The van der Waals surface area contributed by atoms with E-state index in [-0.39, 0.29) is 5.91 Å². The molecule has 0 fully saturated rings. The molecule has 4 nitrogen and oxygen atoms in total. The van der Waals surface area contributed by atoms with Crippen molar-refractivity contribution in [3.63, 3.8) is 0 Å². The number of benzene rings is 2. The van der Waals surface area contributed by atoms with Gasteiger partial charge in [-0.1, -0.05) is 55.1 Å². The zero-order chi connectivity index (χ0) is 18.2. The van der Waals surface area contributed by atoms with Crippen molar-refractivity contribution < 1.29 is 14.3 Å². The summed E-state index contributed by atoms with van der Waals surface area (Å²) in [5.41, 5.74) is 2.84. The third kappa shape index (κ3) is 4.73. The summed E-state index contributed by atoms with van der Waals surface area (Å²) in [6, 6.07) is 16.1. The zero-order valence-corrected chi connectivity index (χ0v) is 15.1. The summed E-state index contributed by atoms with van der Waals surface area (Å²) in [5, 5.41) is 2.75. The highest BCUT2D eigenvalue weighted by atomic mass is 32.2. The Balaban J connectivity index is 2.31. The summed E-state index contributed by atoms with van der Waals surface area (Å²) < 4.78 is 4.81. The molecule has 0 aliphatic rings. The van der Waals surface area contributed by atoms with Crippen molar-refractivity contribution in [3.05, 3.63) is 72.3 Å². The van der Waals surface area contributed by atoms with Crippen molar-refractivity contribution in [2.24, 2.45) is 0 Å². The van der Waals surface area contributed by atoms with E-state index in [0.717, 1.165) is 11.1 Å². The molecule has 0 heterocycles. The molecule has 0 unspecified atom stereocenters. The Kier molecular flexibility index (Phi) is 6.83. The molecule has 2 aromatic carbocycles. The summed E-state index contributed by atoms with van der Waals surface area (Å²) in [6.07, 6.45) is 1.91. The van der Waals surface area contributed by atoms with Gasteiger partial charge in [-0.05, 0) is 29.0 Å². The fourth-order valence-corrected chi connectivity index (χ4v) is 3.01. The van der Waals surface area contributed by atoms with Crippen LogP contribution in [0.1, 0.15) is 10.4 Å². The average Bonchev–Trinajstić information content (AvgIpc) is 2.66. The molecule has 1 atom stereocenters. The lowest BCUT2D eigenvalue weighted by Gasteiger charge is -2.19. The first-order valence-electron chi connectivity index (χ1n) is 7.78. The maximum Gasteiger partial charge on any atom is 0.332 e. The molecule has 130 valence electrons. The number of rotatable bonds is 7. The monoisotopic (exact) mass is 355 g/mol. The highest BCUT2D eigenvalue weighted by Gasteiger charge is 2.25. The second kappa shape index (κ2) is 9.08. The van der Waals surface area contributed by atoms with E-state index in [0.29, 0.717) is 16.9 Å². The lowest BCUT2D eigenvalue weighted by molar-refractivity contribution is -0.141. The van der Waals surface area contributed by atoms with Gasteiger partial charge >= 0.3 is 5.97 Å². The molecule has 0 saturated carbocycles. The largest absolute Gasteiger partial charge is 0.467 e. The molecule has 0 aliphatic carbocycles. The molecule has 1 N–H and O–H groups in total. The van der Waals surface area contributed by atoms with Crippen LogP contribution in [0, 0.1) is 0 Å². The summed E-state index contributed by atoms with van der Waals surface area (Å²) >= 11 is 1.53. The first kappa shape index (κ1) is 18.8. The molecule has 5 heteroatoms. The maximum absolute atomic E-state index is 12.8. The maximum atomic E-state index is 12.8. The number of methoxy groups -OCH3 is 1. The van der Waals surface area contributed by atoms with Crippen LogP contribution in [0.25, 0.3) is 11.1 Å². The Labute approximate surface area is 152 Å². The van der Waals surface area contributed by atoms with Gasteiger partial charge in [0.2, 0.25) is 0 Å². The topological polar surface area (TPSA) is 55.4 Å². The van der Waals surface area contributed by atoms with E-state index in [2.05, 4.69) is 11.9 Å². The molecule has 0 radical (unpaired) electrons.